The van der Waals surface area contributed by atoms with E-state index in [0.717, 1.165) is 24.8 Å². The maximum Gasteiger partial charge on any atom is 0.192 e. The van der Waals surface area contributed by atoms with E-state index >= 15 is 0 Å². The first-order valence-corrected chi connectivity index (χ1v) is 7.97. The van der Waals surface area contributed by atoms with Gasteiger partial charge in [0.15, 0.2) is 9.84 Å². The SMILES string of the molecule is CCCCc1csc(S(=O)(=O)C(C)(C)C)c1. The van der Waals surface area contributed by atoms with Crippen LogP contribution in [0.4, 0.5) is 0 Å². The molecule has 16 heavy (non-hydrogen) atoms. The second-order valence-corrected chi connectivity index (χ2v) is 8.83. The van der Waals surface area contributed by atoms with Crippen molar-refractivity contribution in [3.63, 3.8) is 0 Å². The number of hydrogen-bond donors (Lipinski definition) is 0. The Kier molecular flexibility index (Phi) is 4.18. The predicted molar refractivity (Wildman–Crippen MR) is 69.9 cm³/mol. The van der Waals surface area contributed by atoms with Crippen LogP contribution in [0.15, 0.2) is 15.7 Å². The summed E-state index contributed by atoms with van der Waals surface area (Å²) in [5, 5.41) is 1.97. The van der Waals surface area contributed by atoms with Gasteiger partial charge in [-0.2, -0.15) is 0 Å². The number of rotatable bonds is 4. The minimum absolute atomic E-state index is 0.506. The Morgan fingerprint density at radius 2 is 1.94 bits per heavy atom. The average molecular weight is 260 g/mol. The van der Waals surface area contributed by atoms with Crippen molar-refractivity contribution in [3.8, 4) is 0 Å². The summed E-state index contributed by atoms with van der Waals surface area (Å²) in [4.78, 5) is 0. The minimum atomic E-state index is -3.16. The molecular formula is C12H20O2S2. The quantitative estimate of drug-likeness (QED) is 0.828. The number of sulfone groups is 1. The van der Waals surface area contributed by atoms with Crippen LogP contribution in [0.2, 0.25) is 0 Å². The zero-order chi connectivity index (χ0) is 12.4. The summed E-state index contributed by atoms with van der Waals surface area (Å²) in [6, 6.07) is 1.83. The van der Waals surface area contributed by atoms with Gasteiger partial charge in [-0.05, 0) is 50.6 Å². The number of aryl methyl sites for hydroxylation is 1. The summed E-state index contributed by atoms with van der Waals surface area (Å²) >= 11 is 1.35. The highest BCUT2D eigenvalue weighted by molar-refractivity contribution is 7.94. The molecule has 0 amide bonds. The van der Waals surface area contributed by atoms with Gasteiger partial charge in [0.05, 0.1) is 4.75 Å². The molecular weight excluding hydrogens is 240 g/mol. The predicted octanol–water partition coefficient (Wildman–Crippen LogP) is 3.66. The molecule has 0 aliphatic heterocycles. The standard InChI is InChI=1S/C12H20O2S2/c1-5-6-7-10-8-11(15-9-10)16(13,14)12(2,3)4/h8-9H,5-7H2,1-4H3. The van der Waals surface area contributed by atoms with E-state index in [1.165, 1.54) is 11.3 Å². The third-order valence-electron chi connectivity index (χ3n) is 2.52. The van der Waals surface area contributed by atoms with Crippen LogP contribution in [0.25, 0.3) is 0 Å². The first-order valence-electron chi connectivity index (χ1n) is 5.61. The van der Waals surface area contributed by atoms with Crippen LogP contribution in [0.5, 0.6) is 0 Å². The molecule has 0 fully saturated rings. The molecule has 0 aliphatic rings. The smallest absolute Gasteiger partial charge is 0.192 e. The molecule has 4 heteroatoms. The average Bonchev–Trinajstić information content (AvgIpc) is 2.61. The maximum atomic E-state index is 12.2. The van der Waals surface area contributed by atoms with E-state index in [-0.39, 0.29) is 0 Å². The fraction of sp³-hybridized carbons (Fsp3) is 0.667. The largest absolute Gasteiger partial charge is 0.222 e. The summed E-state index contributed by atoms with van der Waals surface area (Å²) in [5.74, 6) is 0. The van der Waals surface area contributed by atoms with E-state index in [9.17, 15) is 8.42 Å². The lowest BCUT2D eigenvalue weighted by Gasteiger charge is -2.17. The molecule has 0 bridgehead atoms. The molecule has 1 heterocycles. The summed E-state index contributed by atoms with van der Waals surface area (Å²) < 4.78 is 24.1. The number of hydrogen-bond acceptors (Lipinski definition) is 3. The van der Waals surface area contributed by atoms with Crippen molar-refractivity contribution in [2.75, 3.05) is 0 Å². The summed E-state index contributed by atoms with van der Waals surface area (Å²) in [6.07, 6.45) is 3.23. The summed E-state index contributed by atoms with van der Waals surface area (Å²) in [7, 11) is -3.16. The van der Waals surface area contributed by atoms with Crippen molar-refractivity contribution in [3.05, 3.63) is 17.0 Å². The number of thiophene rings is 1. The molecule has 1 rings (SSSR count). The Bertz CT molecular complexity index is 436. The zero-order valence-corrected chi connectivity index (χ0v) is 12.0. The Morgan fingerprint density at radius 1 is 1.31 bits per heavy atom. The summed E-state index contributed by atoms with van der Waals surface area (Å²) in [6.45, 7) is 7.37. The third-order valence-corrected chi connectivity index (χ3v) is 6.50. The van der Waals surface area contributed by atoms with Gasteiger partial charge in [0.1, 0.15) is 4.21 Å². The van der Waals surface area contributed by atoms with Crippen LogP contribution < -0.4 is 0 Å². The van der Waals surface area contributed by atoms with Gasteiger partial charge in [0.2, 0.25) is 0 Å². The molecule has 2 nitrogen and oxygen atoms in total. The monoisotopic (exact) mass is 260 g/mol. The van der Waals surface area contributed by atoms with Crippen molar-refractivity contribution < 1.29 is 8.42 Å². The van der Waals surface area contributed by atoms with E-state index in [4.69, 9.17) is 0 Å². The van der Waals surface area contributed by atoms with Gasteiger partial charge in [0, 0.05) is 0 Å². The van der Waals surface area contributed by atoms with Crippen molar-refractivity contribution in [1.29, 1.82) is 0 Å². The lowest BCUT2D eigenvalue weighted by atomic mass is 10.2. The highest BCUT2D eigenvalue weighted by atomic mass is 32.2. The Hall–Kier alpha value is -0.350. The molecule has 1 aromatic rings. The van der Waals surface area contributed by atoms with E-state index in [1.807, 2.05) is 11.4 Å². The highest BCUT2D eigenvalue weighted by Gasteiger charge is 2.31. The molecule has 0 unspecified atom stereocenters. The molecule has 0 N–H and O–H groups in total. The van der Waals surface area contributed by atoms with E-state index in [0.29, 0.717) is 4.21 Å². The van der Waals surface area contributed by atoms with Crippen molar-refractivity contribution in [2.24, 2.45) is 0 Å². The first-order chi connectivity index (χ1) is 7.29. The zero-order valence-electron chi connectivity index (χ0n) is 10.4. The fourth-order valence-corrected chi connectivity index (χ4v) is 4.29. The third kappa shape index (κ3) is 2.86. The lowest BCUT2D eigenvalue weighted by molar-refractivity contribution is 0.562. The van der Waals surface area contributed by atoms with Gasteiger partial charge in [-0.25, -0.2) is 8.42 Å². The van der Waals surface area contributed by atoms with Crippen LogP contribution in [-0.2, 0) is 16.3 Å². The van der Waals surface area contributed by atoms with E-state index < -0.39 is 14.6 Å². The fourth-order valence-electron chi connectivity index (χ4n) is 1.31. The molecule has 0 aliphatic carbocycles. The van der Waals surface area contributed by atoms with Crippen molar-refractivity contribution in [1.82, 2.24) is 0 Å². The normalized spacial score (nSPS) is 13.0. The van der Waals surface area contributed by atoms with Gasteiger partial charge < -0.3 is 0 Å². The van der Waals surface area contributed by atoms with Crippen LogP contribution >= 0.6 is 11.3 Å². The number of unbranched alkanes of at least 4 members (excludes halogenated alkanes) is 1. The van der Waals surface area contributed by atoms with Gasteiger partial charge in [-0.1, -0.05) is 13.3 Å². The van der Waals surface area contributed by atoms with Gasteiger partial charge in [-0.3, -0.25) is 0 Å². The second kappa shape index (κ2) is 4.88. The Labute approximate surface area is 103 Å². The van der Waals surface area contributed by atoms with Crippen LogP contribution in [0.3, 0.4) is 0 Å². The van der Waals surface area contributed by atoms with Gasteiger partial charge in [-0.15, -0.1) is 11.3 Å². The van der Waals surface area contributed by atoms with Crippen molar-refractivity contribution in [2.45, 2.75) is 55.9 Å². The van der Waals surface area contributed by atoms with Crippen molar-refractivity contribution >= 4 is 21.2 Å². The molecule has 0 atom stereocenters. The molecule has 92 valence electrons. The van der Waals surface area contributed by atoms with Crippen LogP contribution in [0, 0.1) is 0 Å². The lowest BCUT2D eigenvalue weighted by Crippen LogP contribution is -2.27. The van der Waals surface area contributed by atoms with Gasteiger partial charge >= 0.3 is 0 Å². The minimum Gasteiger partial charge on any atom is -0.222 e. The second-order valence-electron chi connectivity index (χ2n) is 4.99. The molecule has 0 saturated carbocycles. The Balaban J connectivity index is 2.94. The Morgan fingerprint density at radius 3 is 2.44 bits per heavy atom. The highest BCUT2D eigenvalue weighted by Crippen LogP contribution is 2.30. The van der Waals surface area contributed by atoms with E-state index in [2.05, 4.69) is 6.92 Å². The van der Waals surface area contributed by atoms with Gasteiger partial charge in [0.25, 0.3) is 0 Å². The topological polar surface area (TPSA) is 34.1 Å². The molecule has 0 spiro atoms. The maximum absolute atomic E-state index is 12.2. The molecule has 0 saturated heterocycles. The first kappa shape index (κ1) is 13.7. The van der Waals surface area contributed by atoms with Crippen LogP contribution in [-0.4, -0.2) is 13.2 Å². The van der Waals surface area contributed by atoms with E-state index in [1.54, 1.807) is 20.8 Å². The summed E-state index contributed by atoms with van der Waals surface area (Å²) in [5.41, 5.74) is 1.15. The van der Waals surface area contributed by atoms with Crippen LogP contribution in [0.1, 0.15) is 46.1 Å². The molecule has 0 aromatic carbocycles. The molecule has 0 radical (unpaired) electrons. The molecule has 1 aromatic heterocycles.